The van der Waals surface area contributed by atoms with Crippen LogP contribution >= 0.6 is 0 Å². The standard InChI is InChI=1S/C31H36N8O7/c32-28(42)25(38(20-26(40)41)29(43)27(23-8-3-1-4-9-23)24-10-5-2-6-11-24)12-7-17-37(30(33)36-39(45)46)19-22-15-13-21(14-16-22)18-35-31(34)44/h1-6,8-11,13-16,25,27H,7,12,17-20H2,(H2,32,42)(H2,33,36)(H,40,41)(H3,34,35,44)/t25-/m1/s1. The van der Waals surface area contributed by atoms with Gasteiger partial charge >= 0.3 is 12.0 Å². The number of guanidine groups is 1. The molecule has 0 aromatic heterocycles. The number of rotatable bonds is 16. The summed E-state index contributed by atoms with van der Waals surface area (Å²) in [5, 5.41) is 30.6. The van der Waals surface area contributed by atoms with Crippen molar-refractivity contribution < 1.29 is 29.3 Å². The van der Waals surface area contributed by atoms with Crippen LogP contribution in [-0.2, 0) is 27.5 Å². The van der Waals surface area contributed by atoms with E-state index in [1.807, 2.05) is 5.43 Å². The molecule has 0 fully saturated rings. The van der Waals surface area contributed by atoms with Crippen LogP contribution in [0.15, 0.2) is 84.9 Å². The summed E-state index contributed by atoms with van der Waals surface area (Å²) in [4.78, 5) is 63.2. The summed E-state index contributed by atoms with van der Waals surface area (Å²) in [6, 6.07) is 22.4. The van der Waals surface area contributed by atoms with Crippen molar-refractivity contribution in [1.82, 2.24) is 20.5 Å². The molecular formula is C31H36N8O7. The molecule has 15 nitrogen and oxygen atoms in total. The van der Waals surface area contributed by atoms with Crippen LogP contribution in [0, 0.1) is 15.5 Å². The highest BCUT2D eigenvalue weighted by Crippen LogP contribution is 2.28. The number of nitrogens with zero attached hydrogens (tertiary/aromatic N) is 3. The van der Waals surface area contributed by atoms with Gasteiger partial charge in [-0.15, -0.1) is 0 Å². The minimum absolute atomic E-state index is 0.0182. The van der Waals surface area contributed by atoms with Crippen LogP contribution in [0.3, 0.4) is 0 Å². The lowest BCUT2D eigenvalue weighted by molar-refractivity contribution is -0.526. The van der Waals surface area contributed by atoms with Gasteiger partial charge in [0.25, 0.3) is 5.96 Å². The number of nitro groups is 1. The number of primary amides is 2. The Bertz CT molecular complexity index is 1480. The highest BCUT2D eigenvalue weighted by atomic mass is 16.7. The van der Waals surface area contributed by atoms with Crippen molar-refractivity contribution in [2.75, 3.05) is 13.1 Å². The second-order valence-electron chi connectivity index (χ2n) is 10.3. The van der Waals surface area contributed by atoms with Crippen LogP contribution in [0.1, 0.15) is 41.0 Å². The van der Waals surface area contributed by atoms with Crippen LogP contribution in [-0.4, -0.2) is 68.8 Å². The second kappa shape index (κ2) is 16.7. The molecule has 4 amide bonds. The summed E-state index contributed by atoms with van der Waals surface area (Å²) < 4.78 is 0. The number of nitrogens with one attached hydrogen (secondary N) is 3. The van der Waals surface area contributed by atoms with Crippen LogP contribution in [0.2, 0.25) is 0 Å². The molecule has 8 N–H and O–H groups in total. The molecule has 0 aliphatic carbocycles. The van der Waals surface area contributed by atoms with E-state index in [1.165, 1.54) is 4.90 Å². The van der Waals surface area contributed by atoms with E-state index in [9.17, 15) is 34.4 Å². The first-order valence-corrected chi connectivity index (χ1v) is 14.2. The van der Waals surface area contributed by atoms with Crippen molar-refractivity contribution >= 4 is 29.8 Å². The van der Waals surface area contributed by atoms with Gasteiger partial charge in [-0.25, -0.2) is 14.9 Å². The maximum absolute atomic E-state index is 14.1. The van der Waals surface area contributed by atoms with Crippen molar-refractivity contribution in [2.45, 2.75) is 37.9 Å². The number of hydrogen-bond acceptors (Lipinski definition) is 7. The van der Waals surface area contributed by atoms with E-state index in [4.69, 9.17) is 16.9 Å². The van der Waals surface area contributed by atoms with E-state index >= 15 is 0 Å². The van der Waals surface area contributed by atoms with E-state index in [0.29, 0.717) is 16.7 Å². The molecule has 15 heteroatoms. The molecule has 0 heterocycles. The molecule has 0 bridgehead atoms. The Morgan fingerprint density at radius 2 is 1.43 bits per heavy atom. The lowest BCUT2D eigenvalue weighted by Crippen LogP contribution is -2.52. The molecule has 0 saturated carbocycles. The average Bonchev–Trinajstić information content (AvgIpc) is 3.01. The summed E-state index contributed by atoms with van der Waals surface area (Å²) in [7, 11) is 0. The van der Waals surface area contributed by atoms with Crippen molar-refractivity contribution in [3.8, 4) is 0 Å². The Labute approximate surface area is 264 Å². The fourth-order valence-corrected chi connectivity index (χ4v) is 4.95. The molecule has 46 heavy (non-hydrogen) atoms. The van der Waals surface area contributed by atoms with Gasteiger partial charge < -0.3 is 31.7 Å². The van der Waals surface area contributed by atoms with Gasteiger partial charge in [0.15, 0.2) is 5.03 Å². The van der Waals surface area contributed by atoms with E-state index in [2.05, 4.69) is 5.32 Å². The Hall–Kier alpha value is -5.99. The lowest BCUT2D eigenvalue weighted by Gasteiger charge is -2.32. The number of benzene rings is 3. The number of amides is 4. The third-order valence-corrected chi connectivity index (χ3v) is 7.09. The number of urea groups is 1. The average molecular weight is 633 g/mol. The summed E-state index contributed by atoms with van der Waals surface area (Å²) in [5.74, 6) is -4.33. The SMILES string of the molecule is N=C(N[N+](=O)[O-])N(CCC[C@H](C(N)=O)N(CC(=O)O)C(=O)C(c1ccccc1)c1ccccc1)Cc1ccc(CNC(N)=O)cc1. The highest BCUT2D eigenvalue weighted by Gasteiger charge is 2.35. The molecule has 1 atom stereocenters. The predicted octanol–water partition coefficient (Wildman–Crippen LogP) is 1.75. The summed E-state index contributed by atoms with van der Waals surface area (Å²) in [6.07, 6.45) is 0.0331. The molecule has 0 saturated heterocycles. The Balaban J connectivity index is 1.83. The van der Waals surface area contributed by atoms with E-state index in [-0.39, 0.29) is 32.5 Å². The first-order chi connectivity index (χ1) is 22.0. The number of carbonyl (C=O) groups excluding carboxylic acids is 3. The minimum atomic E-state index is -1.34. The van der Waals surface area contributed by atoms with Gasteiger partial charge in [-0.3, -0.25) is 19.8 Å². The lowest BCUT2D eigenvalue weighted by atomic mass is 9.89. The van der Waals surface area contributed by atoms with Crippen molar-refractivity contribution in [2.24, 2.45) is 11.5 Å². The fourth-order valence-electron chi connectivity index (χ4n) is 4.95. The number of nitrogens with two attached hydrogens (primary N) is 2. The van der Waals surface area contributed by atoms with Crippen molar-refractivity contribution in [1.29, 1.82) is 5.41 Å². The Kier molecular flexibility index (Phi) is 12.6. The molecule has 0 unspecified atom stereocenters. The van der Waals surface area contributed by atoms with Gasteiger partial charge in [-0.2, -0.15) is 0 Å². The quantitative estimate of drug-likeness (QED) is 0.0583. The number of carboxylic acids is 1. The number of carbonyl (C=O) groups is 4. The number of hydrazine groups is 1. The molecular weight excluding hydrogens is 596 g/mol. The van der Waals surface area contributed by atoms with E-state index in [1.54, 1.807) is 84.9 Å². The van der Waals surface area contributed by atoms with Crippen LogP contribution < -0.4 is 22.2 Å². The molecule has 0 aliphatic heterocycles. The van der Waals surface area contributed by atoms with Crippen LogP contribution in [0.5, 0.6) is 0 Å². The van der Waals surface area contributed by atoms with Crippen molar-refractivity contribution in [3.63, 3.8) is 0 Å². The van der Waals surface area contributed by atoms with E-state index in [0.717, 1.165) is 10.5 Å². The van der Waals surface area contributed by atoms with Gasteiger partial charge in [0.1, 0.15) is 12.6 Å². The van der Waals surface area contributed by atoms with Gasteiger partial charge in [0.2, 0.25) is 11.8 Å². The van der Waals surface area contributed by atoms with E-state index < -0.39 is 53.3 Å². The third kappa shape index (κ3) is 10.3. The Morgan fingerprint density at radius 3 is 1.91 bits per heavy atom. The molecule has 0 aliphatic rings. The zero-order valence-electron chi connectivity index (χ0n) is 24.9. The van der Waals surface area contributed by atoms with Gasteiger partial charge in [-0.1, -0.05) is 90.4 Å². The maximum atomic E-state index is 14.1. The third-order valence-electron chi connectivity index (χ3n) is 7.09. The summed E-state index contributed by atoms with van der Waals surface area (Å²) in [6.45, 7) is -0.508. The Morgan fingerprint density at radius 1 is 0.891 bits per heavy atom. The number of hydrogen-bond donors (Lipinski definition) is 6. The zero-order valence-corrected chi connectivity index (χ0v) is 24.9. The molecule has 0 radical (unpaired) electrons. The van der Waals surface area contributed by atoms with Crippen LogP contribution in [0.25, 0.3) is 0 Å². The zero-order chi connectivity index (χ0) is 33.6. The first-order valence-electron chi connectivity index (χ1n) is 14.2. The number of carboxylic acid groups (broad SMARTS) is 1. The molecule has 3 aromatic carbocycles. The highest BCUT2D eigenvalue weighted by molar-refractivity contribution is 5.94. The van der Waals surface area contributed by atoms with Crippen molar-refractivity contribution in [3.05, 3.63) is 117 Å². The molecule has 3 rings (SSSR count). The first kappa shape index (κ1) is 34.5. The monoisotopic (exact) mass is 632 g/mol. The minimum Gasteiger partial charge on any atom is -0.480 e. The maximum Gasteiger partial charge on any atom is 0.323 e. The normalized spacial score (nSPS) is 11.2. The van der Waals surface area contributed by atoms with Gasteiger partial charge in [0.05, 0.1) is 5.92 Å². The second-order valence-corrected chi connectivity index (χ2v) is 10.3. The fraction of sp³-hybridized carbons (Fsp3) is 0.258. The van der Waals surface area contributed by atoms with Crippen LogP contribution in [0.4, 0.5) is 4.79 Å². The summed E-state index contributed by atoms with van der Waals surface area (Å²) >= 11 is 0. The number of aliphatic carboxylic acids is 1. The van der Waals surface area contributed by atoms with Gasteiger partial charge in [-0.05, 0) is 35.1 Å². The molecule has 242 valence electrons. The summed E-state index contributed by atoms with van der Waals surface area (Å²) in [5.41, 5.74) is 15.3. The predicted molar refractivity (Wildman–Crippen MR) is 167 cm³/mol. The topological polar surface area (TPSA) is 238 Å². The smallest absolute Gasteiger partial charge is 0.323 e. The largest absolute Gasteiger partial charge is 0.480 e. The molecule has 0 spiro atoms. The van der Waals surface area contributed by atoms with Gasteiger partial charge in [0, 0.05) is 19.6 Å². The molecule has 3 aromatic rings.